The predicted molar refractivity (Wildman–Crippen MR) is 72.1 cm³/mol. The summed E-state index contributed by atoms with van der Waals surface area (Å²) in [4.78, 5) is 2.22. The van der Waals surface area contributed by atoms with E-state index < -0.39 is 0 Å². The quantitative estimate of drug-likeness (QED) is 0.878. The van der Waals surface area contributed by atoms with E-state index in [0.29, 0.717) is 17.4 Å². The van der Waals surface area contributed by atoms with Gasteiger partial charge in [-0.05, 0) is 30.9 Å². The summed E-state index contributed by atoms with van der Waals surface area (Å²) in [5.74, 6) is 1.69. The first-order valence-corrected chi connectivity index (χ1v) is 6.74. The molecule has 4 heteroatoms. The van der Waals surface area contributed by atoms with Crippen molar-refractivity contribution in [1.29, 1.82) is 5.26 Å². The molecule has 19 heavy (non-hydrogen) atoms. The van der Waals surface area contributed by atoms with Gasteiger partial charge in [-0.15, -0.1) is 0 Å². The number of nitriles is 1. The standard InChI is InChI=1S/C15H18N2O2/c1-19-12-4-2-10(7-16)14(6-12)17-8-11-3-5-15(18)13(11)9-17/h2,4,6,11,13,15,18H,3,5,8-9H2,1H3. The van der Waals surface area contributed by atoms with Crippen molar-refractivity contribution in [3.63, 3.8) is 0 Å². The van der Waals surface area contributed by atoms with Gasteiger partial charge in [0, 0.05) is 25.1 Å². The molecular formula is C15H18N2O2. The molecule has 4 nitrogen and oxygen atoms in total. The van der Waals surface area contributed by atoms with Gasteiger partial charge in [-0.1, -0.05) is 0 Å². The summed E-state index contributed by atoms with van der Waals surface area (Å²) < 4.78 is 5.24. The number of benzene rings is 1. The highest BCUT2D eigenvalue weighted by Crippen LogP contribution is 2.41. The molecule has 0 amide bonds. The lowest BCUT2D eigenvalue weighted by Crippen LogP contribution is -2.25. The summed E-state index contributed by atoms with van der Waals surface area (Å²) in [7, 11) is 1.63. The summed E-state index contributed by atoms with van der Waals surface area (Å²) in [5, 5.41) is 19.2. The van der Waals surface area contributed by atoms with E-state index in [1.807, 2.05) is 12.1 Å². The molecule has 1 aromatic rings. The maximum atomic E-state index is 9.97. The maximum Gasteiger partial charge on any atom is 0.121 e. The Morgan fingerprint density at radius 3 is 2.89 bits per heavy atom. The molecule has 1 aliphatic heterocycles. The molecule has 0 spiro atoms. The van der Waals surface area contributed by atoms with Gasteiger partial charge >= 0.3 is 0 Å². The van der Waals surface area contributed by atoms with Gasteiger partial charge in [-0.3, -0.25) is 0 Å². The Morgan fingerprint density at radius 2 is 2.21 bits per heavy atom. The van der Waals surface area contributed by atoms with Gasteiger partial charge in [-0.25, -0.2) is 0 Å². The van der Waals surface area contributed by atoms with Crippen molar-refractivity contribution in [3.8, 4) is 11.8 Å². The van der Waals surface area contributed by atoms with E-state index in [-0.39, 0.29) is 6.10 Å². The van der Waals surface area contributed by atoms with Crippen molar-refractivity contribution in [2.24, 2.45) is 11.8 Å². The van der Waals surface area contributed by atoms with E-state index in [9.17, 15) is 10.4 Å². The van der Waals surface area contributed by atoms with Crippen molar-refractivity contribution in [2.75, 3.05) is 25.1 Å². The summed E-state index contributed by atoms with van der Waals surface area (Å²) in [6.45, 7) is 1.78. The molecule has 1 saturated heterocycles. The molecule has 2 aliphatic rings. The van der Waals surface area contributed by atoms with Crippen molar-refractivity contribution >= 4 is 5.69 Å². The molecule has 0 radical (unpaired) electrons. The number of nitrogens with zero attached hydrogens (tertiary/aromatic N) is 2. The highest BCUT2D eigenvalue weighted by atomic mass is 16.5. The van der Waals surface area contributed by atoms with Gasteiger partial charge in [0.05, 0.1) is 24.5 Å². The molecule has 2 fully saturated rings. The van der Waals surface area contributed by atoms with Crippen LogP contribution in [0.5, 0.6) is 5.75 Å². The fourth-order valence-corrected chi connectivity index (χ4v) is 3.43. The highest BCUT2D eigenvalue weighted by molar-refractivity contribution is 5.62. The van der Waals surface area contributed by atoms with Crippen LogP contribution in [0.4, 0.5) is 5.69 Å². The molecule has 0 bridgehead atoms. The predicted octanol–water partition coefficient (Wildman–Crippen LogP) is 1.77. The van der Waals surface area contributed by atoms with Crippen LogP contribution in [0, 0.1) is 23.2 Å². The van der Waals surface area contributed by atoms with Gasteiger partial charge in [0.25, 0.3) is 0 Å². The van der Waals surface area contributed by atoms with Crippen LogP contribution < -0.4 is 9.64 Å². The molecule has 1 N–H and O–H groups in total. The zero-order chi connectivity index (χ0) is 13.4. The zero-order valence-electron chi connectivity index (χ0n) is 11.0. The maximum absolute atomic E-state index is 9.97. The molecule has 3 rings (SSSR count). The summed E-state index contributed by atoms with van der Waals surface area (Å²) >= 11 is 0. The molecule has 1 heterocycles. The minimum atomic E-state index is -0.175. The van der Waals surface area contributed by atoms with Crippen LogP contribution in [-0.2, 0) is 0 Å². The summed E-state index contributed by atoms with van der Waals surface area (Å²) in [6.07, 6.45) is 1.84. The molecule has 0 aromatic heterocycles. The average Bonchev–Trinajstić information content (AvgIpc) is 3.00. The van der Waals surface area contributed by atoms with E-state index in [0.717, 1.165) is 37.4 Å². The summed E-state index contributed by atoms with van der Waals surface area (Å²) in [6, 6.07) is 7.78. The lowest BCUT2D eigenvalue weighted by Gasteiger charge is -2.22. The van der Waals surface area contributed by atoms with Crippen molar-refractivity contribution < 1.29 is 9.84 Å². The van der Waals surface area contributed by atoms with Crippen LogP contribution >= 0.6 is 0 Å². The second-order valence-corrected chi connectivity index (χ2v) is 5.47. The number of ether oxygens (including phenoxy) is 1. The Balaban J connectivity index is 1.89. The van der Waals surface area contributed by atoms with Crippen molar-refractivity contribution in [3.05, 3.63) is 23.8 Å². The minimum Gasteiger partial charge on any atom is -0.497 e. The average molecular weight is 258 g/mol. The number of rotatable bonds is 2. The minimum absolute atomic E-state index is 0.175. The van der Waals surface area contributed by atoms with Crippen molar-refractivity contribution in [2.45, 2.75) is 18.9 Å². The number of aliphatic hydroxyl groups excluding tert-OH is 1. The number of anilines is 1. The number of hydrogen-bond acceptors (Lipinski definition) is 4. The molecule has 100 valence electrons. The van der Waals surface area contributed by atoms with Gasteiger partial charge in [0.15, 0.2) is 0 Å². The van der Waals surface area contributed by atoms with E-state index in [2.05, 4.69) is 11.0 Å². The lowest BCUT2D eigenvalue weighted by atomic mass is 10.00. The number of methoxy groups -OCH3 is 1. The largest absolute Gasteiger partial charge is 0.497 e. The van der Waals surface area contributed by atoms with Gasteiger partial charge in [0.1, 0.15) is 11.8 Å². The van der Waals surface area contributed by atoms with Gasteiger partial charge in [-0.2, -0.15) is 5.26 Å². The van der Waals surface area contributed by atoms with E-state index >= 15 is 0 Å². The molecule has 1 aliphatic carbocycles. The normalized spacial score (nSPS) is 29.1. The van der Waals surface area contributed by atoms with Crippen LogP contribution in [0.2, 0.25) is 0 Å². The molecule has 3 atom stereocenters. The Kier molecular flexibility index (Phi) is 3.08. The molecule has 1 saturated carbocycles. The van der Waals surface area contributed by atoms with Crippen molar-refractivity contribution in [1.82, 2.24) is 0 Å². The molecular weight excluding hydrogens is 240 g/mol. The van der Waals surface area contributed by atoms with E-state index in [1.54, 1.807) is 13.2 Å². The van der Waals surface area contributed by atoms with Crippen LogP contribution in [0.1, 0.15) is 18.4 Å². The fraction of sp³-hybridized carbons (Fsp3) is 0.533. The third-order valence-corrected chi connectivity index (χ3v) is 4.49. The van der Waals surface area contributed by atoms with Crippen LogP contribution in [0.15, 0.2) is 18.2 Å². The van der Waals surface area contributed by atoms with Gasteiger partial charge < -0.3 is 14.7 Å². The van der Waals surface area contributed by atoms with Crippen LogP contribution in [0.3, 0.4) is 0 Å². The Hall–Kier alpha value is -1.73. The number of hydrogen-bond donors (Lipinski definition) is 1. The Bertz CT molecular complexity index is 523. The number of fused-ring (bicyclic) bond motifs is 1. The first-order valence-electron chi connectivity index (χ1n) is 6.74. The second kappa shape index (κ2) is 4.75. The SMILES string of the molecule is COc1ccc(C#N)c(N2CC3CCC(O)C3C2)c1. The number of aliphatic hydroxyl groups is 1. The molecule has 3 unspecified atom stereocenters. The molecule has 1 aromatic carbocycles. The third-order valence-electron chi connectivity index (χ3n) is 4.49. The third kappa shape index (κ3) is 2.04. The second-order valence-electron chi connectivity index (χ2n) is 5.47. The monoisotopic (exact) mass is 258 g/mol. The summed E-state index contributed by atoms with van der Waals surface area (Å²) in [5.41, 5.74) is 1.61. The Morgan fingerprint density at radius 1 is 1.37 bits per heavy atom. The smallest absolute Gasteiger partial charge is 0.121 e. The van der Waals surface area contributed by atoms with Crippen LogP contribution in [-0.4, -0.2) is 31.4 Å². The first-order chi connectivity index (χ1) is 9.22. The van der Waals surface area contributed by atoms with E-state index in [1.165, 1.54) is 0 Å². The first kappa shape index (κ1) is 12.3. The zero-order valence-corrected chi connectivity index (χ0v) is 11.0. The lowest BCUT2D eigenvalue weighted by molar-refractivity contribution is 0.133. The van der Waals surface area contributed by atoms with E-state index in [4.69, 9.17) is 4.74 Å². The Labute approximate surface area is 113 Å². The topological polar surface area (TPSA) is 56.5 Å². The van der Waals surface area contributed by atoms with Crippen LogP contribution in [0.25, 0.3) is 0 Å². The highest BCUT2D eigenvalue weighted by Gasteiger charge is 2.42. The van der Waals surface area contributed by atoms with Gasteiger partial charge in [0.2, 0.25) is 0 Å². The fourth-order valence-electron chi connectivity index (χ4n) is 3.43.